The van der Waals surface area contributed by atoms with Crippen LogP contribution in [0.4, 0.5) is 0 Å². The van der Waals surface area contributed by atoms with Gasteiger partial charge in [-0.15, -0.1) is 0 Å². The number of carbonyl (C=O) groups excluding carboxylic acids is 1. The Hall–Kier alpha value is -2.22. The molecule has 6 nitrogen and oxygen atoms in total. The number of hydrogen-bond acceptors (Lipinski definition) is 4. The van der Waals surface area contributed by atoms with E-state index in [9.17, 15) is 13.2 Å². The molecule has 0 spiro atoms. The zero-order valence-corrected chi connectivity index (χ0v) is 20.3. The van der Waals surface area contributed by atoms with E-state index in [4.69, 9.17) is 0 Å². The normalized spacial score (nSPS) is 19.0. The van der Waals surface area contributed by atoms with Crippen LogP contribution in [0.5, 0.6) is 0 Å². The van der Waals surface area contributed by atoms with Gasteiger partial charge in [0.25, 0.3) is 5.91 Å². The van der Waals surface area contributed by atoms with Crippen molar-refractivity contribution in [2.75, 3.05) is 45.0 Å². The minimum Gasteiger partial charge on any atom is -0.339 e. The average molecular weight is 470 g/mol. The van der Waals surface area contributed by atoms with Gasteiger partial charge in [0.1, 0.15) is 0 Å². The van der Waals surface area contributed by atoms with Gasteiger partial charge in [-0.2, -0.15) is 4.31 Å². The second kappa shape index (κ2) is 10.8. The largest absolute Gasteiger partial charge is 0.339 e. The van der Waals surface area contributed by atoms with Crippen molar-refractivity contribution in [2.24, 2.45) is 5.92 Å². The molecule has 2 aromatic carbocycles. The van der Waals surface area contributed by atoms with E-state index in [2.05, 4.69) is 41.3 Å². The van der Waals surface area contributed by atoms with Crippen LogP contribution in [0.15, 0.2) is 54.6 Å². The molecular formula is C26H35N3O3S. The Labute approximate surface area is 198 Å². The van der Waals surface area contributed by atoms with Gasteiger partial charge in [0.2, 0.25) is 10.0 Å². The van der Waals surface area contributed by atoms with Crippen molar-refractivity contribution in [2.45, 2.75) is 32.7 Å². The minimum absolute atomic E-state index is 0.119. The standard InChI is InChI=1S/C26H35N3O3S/c1-2-33(31,32)29-17-15-27(16-18-29)21-24-9-6-10-25(20-24)26(30)28-13-11-23(12-14-28)19-22-7-4-3-5-8-22/h3-10,20,23H,2,11-19,21H2,1H3. The zero-order chi connectivity index (χ0) is 23.3. The number of nitrogens with zero attached hydrogens (tertiary/aromatic N) is 3. The van der Waals surface area contributed by atoms with Crippen molar-refractivity contribution in [3.63, 3.8) is 0 Å². The minimum atomic E-state index is -3.11. The van der Waals surface area contributed by atoms with E-state index in [1.165, 1.54) is 5.56 Å². The Morgan fingerprint density at radius 1 is 0.879 bits per heavy atom. The number of amides is 1. The lowest BCUT2D eigenvalue weighted by Crippen LogP contribution is -2.48. The lowest BCUT2D eigenvalue weighted by Gasteiger charge is -2.34. The molecule has 0 N–H and O–H groups in total. The third-order valence-corrected chi connectivity index (χ3v) is 8.82. The summed E-state index contributed by atoms with van der Waals surface area (Å²) < 4.78 is 25.7. The van der Waals surface area contributed by atoms with Crippen LogP contribution in [0, 0.1) is 5.92 Å². The fraction of sp³-hybridized carbons (Fsp3) is 0.500. The Kier molecular flexibility index (Phi) is 7.83. The Bertz CT molecular complexity index is 1030. The summed E-state index contributed by atoms with van der Waals surface area (Å²) in [5.41, 5.74) is 3.23. The van der Waals surface area contributed by atoms with E-state index in [0.29, 0.717) is 32.1 Å². The first kappa shape index (κ1) is 23.9. The van der Waals surface area contributed by atoms with Crippen molar-refractivity contribution in [3.8, 4) is 0 Å². The lowest BCUT2D eigenvalue weighted by atomic mass is 9.90. The number of piperazine rings is 1. The summed E-state index contributed by atoms with van der Waals surface area (Å²) in [4.78, 5) is 17.4. The molecule has 2 fully saturated rings. The van der Waals surface area contributed by atoms with Crippen molar-refractivity contribution in [3.05, 3.63) is 71.3 Å². The maximum Gasteiger partial charge on any atom is 0.253 e. The molecule has 4 rings (SSSR count). The molecule has 2 heterocycles. The first-order chi connectivity index (χ1) is 15.9. The van der Waals surface area contributed by atoms with Gasteiger partial charge < -0.3 is 4.90 Å². The second-order valence-electron chi connectivity index (χ2n) is 9.20. The molecule has 0 aromatic heterocycles. The number of carbonyl (C=O) groups is 1. The van der Waals surface area contributed by atoms with Crippen LogP contribution in [-0.4, -0.2) is 73.5 Å². The lowest BCUT2D eigenvalue weighted by molar-refractivity contribution is 0.0690. The molecule has 0 saturated carbocycles. The van der Waals surface area contributed by atoms with Gasteiger partial charge in [-0.25, -0.2) is 8.42 Å². The summed E-state index contributed by atoms with van der Waals surface area (Å²) >= 11 is 0. The van der Waals surface area contributed by atoms with Gasteiger partial charge in [-0.05, 0) is 55.4 Å². The van der Waals surface area contributed by atoms with E-state index in [0.717, 1.165) is 50.0 Å². The predicted octanol–water partition coefficient (Wildman–Crippen LogP) is 3.25. The topological polar surface area (TPSA) is 60.9 Å². The maximum absolute atomic E-state index is 13.1. The molecule has 2 saturated heterocycles. The summed E-state index contributed by atoms with van der Waals surface area (Å²) in [7, 11) is -3.11. The molecule has 2 aliphatic heterocycles. The molecule has 7 heteroatoms. The predicted molar refractivity (Wildman–Crippen MR) is 132 cm³/mol. The molecule has 1 amide bonds. The molecule has 33 heavy (non-hydrogen) atoms. The Morgan fingerprint density at radius 3 is 2.21 bits per heavy atom. The van der Waals surface area contributed by atoms with Crippen LogP contribution in [0.1, 0.15) is 41.3 Å². The van der Waals surface area contributed by atoms with E-state index in [1.807, 2.05) is 23.1 Å². The highest BCUT2D eigenvalue weighted by Crippen LogP contribution is 2.23. The Morgan fingerprint density at radius 2 is 1.55 bits per heavy atom. The molecule has 0 unspecified atom stereocenters. The average Bonchev–Trinajstić information content (AvgIpc) is 2.85. The quantitative estimate of drug-likeness (QED) is 0.625. The van der Waals surface area contributed by atoms with Crippen molar-refractivity contribution >= 4 is 15.9 Å². The summed E-state index contributed by atoms with van der Waals surface area (Å²) in [6.45, 7) is 6.55. The highest BCUT2D eigenvalue weighted by atomic mass is 32.2. The van der Waals surface area contributed by atoms with Crippen molar-refractivity contribution in [1.29, 1.82) is 0 Å². The summed E-state index contributed by atoms with van der Waals surface area (Å²) in [5, 5.41) is 0. The number of sulfonamides is 1. The first-order valence-electron chi connectivity index (χ1n) is 12.1. The number of rotatable bonds is 7. The SMILES string of the molecule is CCS(=O)(=O)N1CCN(Cc2cccc(C(=O)N3CCC(Cc4ccccc4)CC3)c2)CC1. The molecule has 178 valence electrons. The van der Waals surface area contributed by atoms with Crippen LogP contribution >= 0.6 is 0 Å². The number of hydrogen-bond donors (Lipinski definition) is 0. The van der Waals surface area contributed by atoms with Crippen LogP contribution in [0.2, 0.25) is 0 Å². The summed E-state index contributed by atoms with van der Waals surface area (Å²) in [6.07, 6.45) is 3.18. The molecular weight excluding hydrogens is 434 g/mol. The summed E-state index contributed by atoms with van der Waals surface area (Å²) in [5.74, 6) is 0.910. The molecule has 0 atom stereocenters. The number of benzene rings is 2. The van der Waals surface area contributed by atoms with Crippen LogP contribution in [0.3, 0.4) is 0 Å². The van der Waals surface area contributed by atoms with E-state index < -0.39 is 10.0 Å². The number of likely N-dealkylation sites (tertiary alicyclic amines) is 1. The highest BCUT2D eigenvalue weighted by molar-refractivity contribution is 7.89. The molecule has 2 aromatic rings. The van der Waals surface area contributed by atoms with E-state index in [-0.39, 0.29) is 11.7 Å². The van der Waals surface area contributed by atoms with E-state index in [1.54, 1.807) is 11.2 Å². The van der Waals surface area contributed by atoms with Crippen molar-refractivity contribution in [1.82, 2.24) is 14.1 Å². The smallest absolute Gasteiger partial charge is 0.253 e. The van der Waals surface area contributed by atoms with Crippen LogP contribution in [-0.2, 0) is 23.0 Å². The highest BCUT2D eigenvalue weighted by Gasteiger charge is 2.26. The van der Waals surface area contributed by atoms with Gasteiger partial charge in [0.05, 0.1) is 5.75 Å². The fourth-order valence-corrected chi connectivity index (χ4v) is 5.96. The number of piperidine rings is 1. The van der Waals surface area contributed by atoms with Gasteiger partial charge in [-0.3, -0.25) is 9.69 Å². The van der Waals surface area contributed by atoms with Gasteiger partial charge in [0.15, 0.2) is 0 Å². The third kappa shape index (κ3) is 6.22. The van der Waals surface area contributed by atoms with Crippen LogP contribution in [0.25, 0.3) is 0 Å². The van der Waals surface area contributed by atoms with Gasteiger partial charge in [0, 0.05) is 51.4 Å². The van der Waals surface area contributed by atoms with Crippen LogP contribution < -0.4 is 0 Å². The second-order valence-corrected chi connectivity index (χ2v) is 11.5. The van der Waals surface area contributed by atoms with Crippen molar-refractivity contribution < 1.29 is 13.2 Å². The maximum atomic E-state index is 13.1. The molecule has 2 aliphatic rings. The van der Waals surface area contributed by atoms with Gasteiger partial charge >= 0.3 is 0 Å². The third-order valence-electron chi connectivity index (χ3n) is 6.94. The van der Waals surface area contributed by atoms with Gasteiger partial charge in [-0.1, -0.05) is 42.5 Å². The molecule has 0 aliphatic carbocycles. The Balaban J connectivity index is 1.29. The summed E-state index contributed by atoms with van der Waals surface area (Å²) in [6, 6.07) is 18.5. The molecule has 0 radical (unpaired) electrons. The van der Waals surface area contributed by atoms with E-state index >= 15 is 0 Å². The zero-order valence-electron chi connectivity index (χ0n) is 19.5. The monoisotopic (exact) mass is 469 g/mol. The molecule has 0 bridgehead atoms. The first-order valence-corrected chi connectivity index (χ1v) is 13.7. The fourth-order valence-electron chi connectivity index (χ4n) is 4.88.